The number of hydrogen-bond acceptors (Lipinski definition) is 4. The Hall–Kier alpha value is -2.33. The van der Waals surface area contributed by atoms with Gasteiger partial charge in [-0.15, -0.1) is 0 Å². The van der Waals surface area contributed by atoms with Crippen LogP contribution in [0.2, 0.25) is 0 Å². The summed E-state index contributed by atoms with van der Waals surface area (Å²) in [4.78, 5) is 6.66. The van der Waals surface area contributed by atoms with Crippen molar-refractivity contribution in [3.8, 4) is 5.75 Å². The van der Waals surface area contributed by atoms with Crippen molar-refractivity contribution < 1.29 is 9.15 Å². The molecule has 0 radical (unpaired) electrons. The molecule has 1 aromatic heterocycles. The van der Waals surface area contributed by atoms with Gasteiger partial charge in [0.05, 0.1) is 13.7 Å². The first-order valence-corrected chi connectivity index (χ1v) is 6.90. The number of hydrogen-bond donors (Lipinski definition) is 0. The summed E-state index contributed by atoms with van der Waals surface area (Å²) in [5.41, 5.74) is 2.94. The summed E-state index contributed by atoms with van der Waals surface area (Å²) in [6.45, 7) is 1.49. The fourth-order valence-corrected chi connectivity index (χ4v) is 2.36. The van der Waals surface area contributed by atoms with E-state index in [1.54, 1.807) is 7.11 Å². The standard InChI is InChI=1S/C17H18N2O2/c1-19(11-13-6-5-7-14(10-13)20-2)12-17-18-15-8-3-4-9-16(15)21-17/h3-10H,11-12H2,1-2H3. The number of aromatic nitrogens is 1. The fourth-order valence-electron chi connectivity index (χ4n) is 2.36. The molecule has 0 saturated heterocycles. The summed E-state index contributed by atoms with van der Waals surface area (Å²) in [5, 5.41) is 0. The Bertz CT molecular complexity index is 703. The maximum absolute atomic E-state index is 5.74. The van der Waals surface area contributed by atoms with Crippen LogP contribution in [0, 0.1) is 0 Å². The monoisotopic (exact) mass is 282 g/mol. The zero-order chi connectivity index (χ0) is 14.7. The molecule has 0 unspecified atom stereocenters. The highest BCUT2D eigenvalue weighted by Crippen LogP contribution is 2.17. The quantitative estimate of drug-likeness (QED) is 0.718. The van der Waals surface area contributed by atoms with Crippen molar-refractivity contribution >= 4 is 11.1 Å². The van der Waals surface area contributed by atoms with Crippen molar-refractivity contribution in [2.24, 2.45) is 0 Å². The first-order chi connectivity index (χ1) is 10.2. The molecule has 4 nitrogen and oxygen atoms in total. The lowest BCUT2D eigenvalue weighted by atomic mass is 10.2. The molecule has 0 amide bonds. The lowest BCUT2D eigenvalue weighted by Crippen LogP contribution is -2.17. The van der Waals surface area contributed by atoms with Gasteiger partial charge in [-0.05, 0) is 36.9 Å². The lowest BCUT2D eigenvalue weighted by molar-refractivity contribution is 0.285. The van der Waals surface area contributed by atoms with E-state index in [4.69, 9.17) is 9.15 Å². The van der Waals surface area contributed by atoms with Crippen LogP contribution in [0.15, 0.2) is 52.9 Å². The molecule has 0 aliphatic rings. The van der Waals surface area contributed by atoms with Gasteiger partial charge in [-0.25, -0.2) is 4.98 Å². The second kappa shape index (κ2) is 5.97. The van der Waals surface area contributed by atoms with Crippen LogP contribution in [0.1, 0.15) is 11.5 Å². The van der Waals surface area contributed by atoms with Gasteiger partial charge in [0.2, 0.25) is 5.89 Å². The normalized spacial score (nSPS) is 11.2. The molecule has 0 N–H and O–H groups in total. The van der Waals surface area contributed by atoms with Gasteiger partial charge in [0, 0.05) is 6.54 Å². The van der Waals surface area contributed by atoms with Crippen LogP contribution < -0.4 is 4.74 Å². The van der Waals surface area contributed by atoms with E-state index < -0.39 is 0 Å². The van der Waals surface area contributed by atoms with E-state index in [0.717, 1.165) is 29.3 Å². The molecule has 0 atom stereocenters. The summed E-state index contributed by atoms with van der Waals surface area (Å²) < 4.78 is 11.0. The molecular formula is C17H18N2O2. The molecule has 3 aromatic rings. The summed E-state index contributed by atoms with van der Waals surface area (Å²) in [7, 11) is 3.73. The van der Waals surface area contributed by atoms with Crippen molar-refractivity contribution in [1.29, 1.82) is 0 Å². The van der Waals surface area contributed by atoms with Crippen molar-refractivity contribution in [3.63, 3.8) is 0 Å². The summed E-state index contributed by atoms with van der Waals surface area (Å²) in [5.74, 6) is 1.62. The Morgan fingerprint density at radius 3 is 2.76 bits per heavy atom. The predicted octanol–water partition coefficient (Wildman–Crippen LogP) is 3.47. The lowest BCUT2D eigenvalue weighted by Gasteiger charge is -2.14. The fraction of sp³-hybridized carbons (Fsp3) is 0.235. The molecule has 0 saturated carbocycles. The minimum atomic E-state index is 0.673. The first-order valence-electron chi connectivity index (χ1n) is 6.90. The number of nitrogens with zero attached hydrogens (tertiary/aromatic N) is 2. The number of benzene rings is 2. The van der Waals surface area contributed by atoms with E-state index in [1.807, 2.05) is 49.5 Å². The van der Waals surface area contributed by atoms with Crippen LogP contribution in [0.5, 0.6) is 5.75 Å². The molecular weight excluding hydrogens is 264 g/mol. The molecule has 108 valence electrons. The molecule has 0 aliphatic heterocycles. The molecule has 0 aliphatic carbocycles. The Labute approximate surface area is 124 Å². The van der Waals surface area contributed by atoms with Gasteiger partial charge < -0.3 is 9.15 Å². The molecule has 2 aromatic carbocycles. The topological polar surface area (TPSA) is 38.5 Å². The van der Waals surface area contributed by atoms with Gasteiger partial charge in [-0.3, -0.25) is 4.90 Å². The Morgan fingerprint density at radius 2 is 1.95 bits per heavy atom. The minimum Gasteiger partial charge on any atom is -0.497 e. The second-order valence-corrected chi connectivity index (χ2v) is 5.10. The number of oxazole rings is 1. The molecule has 21 heavy (non-hydrogen) atoms. The van der Waals surface area contributed by atoms with E-state index in [1.165, 1.54) is 5.56 Å². The number of fused-ring (bicyclic) bond motifs is 1. The molecule has 1 heterocycles. The number of para-hydroxylation sites is 2. The van der Waals surface area contributed by atoms with Gasteiger partial charge in [0.1, 0.15) is 11.3 Å². The zero-order valence-corrected chi connectivity index (χ0v) is 12.2. The Morgan fingerprint density at radius 1 is 1.10 bits per heavy atom. The first kappa shape index (κ1) is 13.6. The number of rotatable bonds is 5. The zero-order valence-electron chi connectivity index (χ0n) is 12.2. The largest absolute Gasteiger partial charge is 0.497 e. The molecule has 0 bridgehead atoms. The van der Waals surface area contributed by atoms with Crippen molar-refractivity contribution in [1.82, 2.24) is 9.88 Å². The van der Waals surface area contributed by atoms with Crippen molar-refractivity contribution in [2.75, 3.05) is 14.2 Å². The van der Waals surface area contributed by atoms with Crippen LogP contribution in [0.4, 0.5) is 0 Å². The summed E-state index contributed by atoms with van der Waals surface area (Å²) in [6, 6.07) is 15.9. The van der Waals surface area contributed by atoms with E-state index in [-0.39, 0.29) is 0 Å². The average Bonchev–Trinajstić information content (AvgIpc) is 2.89. The highest BCUT2D eigenvalue weighted by atomic mass is 16.5. The summed E-state index contributed by atoms with van der Waals surface area (Å²) >= 11 is 0. The molecule has 0 fully saturated rings. The minimum absolute atomic E-state index is 0.673. The SMILES string of the molecule is COc1cccc(CN(C)Cc2nc3ccccc3o2)c1. The highest BCUT2D eigenvalue weighted by Gasteiger charge is 2.09. The molecule has 0 spiro atoms. The number of ether oxygens (including phenoxy) is 1. The van der Waals surface area contributed by atoms with Crippen LogP contribution in [-0.2, 0) is 13.1 Å². The van der Waals surface area contributed by atoms with Gasteiger partial charge >= 0.3 is 0 Å². The van der Waals surface area contributed by atoms with Crippen molar-refractivity contribution in [3.05, 3.63) is 60.0 Å². The number of methoxy groups -OCH3 is 1. The Balaban J connectivity index is 1.69. The third-order valence-electron chi connectivity index (χ3n) is 3.33. The third kappa shape index (κ3) is 3.23. The van der Waals surface area contributed by atoms with E-state index in [2.05, 4.69) is 16.0 Å². The van der Waals surface area contributed by atoms with E-state index >= 15 is 0 Å². The van der Waals surface area contributed by atoms with Gasteiger partial charge in [0.25, 0.3) is 0 Å². The third-order valence-corrected chi connectivity index (χ3v) is 3.33. The van der Waals surface area contributed by atoms with Crippen LogP contribution >= 0.6 is 0 Å². The van der Waals surface area contributed by atoms with Crippen LogP contribution in [-0.4, -0.2) is 24.0 Å². The van der Waals surface area contributed by atoms with Crippen LogP contribution in [0.3, 0.4) is 0 Å². The van der Waals surface area contributed by atoms with Crippen molar-refractivity contribution in [2.45, 2.75) is 13.1 Å². The molecule has 3 rings (SSSR count). The maximum Gasteiger partial charge on any atom is 0.209 e. The second-order valence-electron chi connectivity index (χ2n) is 5.10. The van der Waals surface area contributed by atoms with Gasteiger partial charge in [-0.1, -0.05) is 24.3 Å². The Kier molecular flexibility index (Phi) is 3.88. The van der Waals surface area contributed by atoms with Crippen LogP contribution in [0.25, 0.3) is 11.1 Å². The predicted molar refractivity (Wildman–Crippen MR) is 82.2 cm³/mol. The van der Waals surface area contributed by atoms with E-state index in [9.17, 15) is 0 Å². The van der Waals surface area contributed by atoms with Gasteiger partial charge in [-0.2, -0.15) is 0 Å². The maximum atomic E-state index is 5.74. The summed E-state index contributed by atoms with van der Waals surface area (Å²) in [6.07, 6.45) is 0. The molecule has 4 heteroatoms. The smallest absolute Gasteiger partial charge is 0.209 e. The average molecular weight is 282 g/mol. The highest BCUT2D eigenvalue weighted by molar-refractivity contribution is 5.72. The van der Waals surface area contributed by atoms with Gasteiger partial charge in [0.15, 0.2) is 5.58 Å². The van der Waals surface area contributed by atoms with E-state index in [0.29, 0.717) is 6.54 Å².